The second kappa shape index (κ2) is 3.41. The number of carbonyl (C=O) groups is 2. The van der Waals surface area contributed by atoms with Crippen LogP contribution >= 0.6 is 0 Å². The third kappa shape index (κ3) is 1.44. The van der Waals surface area contributed by atoms with Gasteiger partial charge in [0.15, 0.2) is 5.82 Å². The lowest BCUT2D eigenvalue weighted by Gasteiger charge is -2.15. The van der Waals surface area contributed by atoms with Crippen LogP contribution in [-0.4, -0.2) is 16.9 Å². The van der Waals surface area contributed by atoms with Crippen molar-refractivity contribution >= 4 is 17.5 Å². The maximum absolute atomic E-state index is 13.3. The molecule has 2 amide bonds. The normalized spacial score (nSPS) is 15.0. The van der Waals surface area contributed by atoms with Crippen molar-refractivity contribution in [2.75, 3.05) is 4.90 Å². The minimum atomic E-state index is -1.18. The standard InChI is InChI=1S/C10H5F2NO3/c11-5-3-6(12)10(7(14)4-5)13-8(15)1-2-9(13)16/h1-4,14H. The summed E-state index contributed by atoms with van der Waals surface area (Å²) in [7, 11) is 0. The Balaban J connectivity index is 2.57. The van der Waals surface area contributed by atoms with Crippen molar-refractivity contribution in [3.63, 3.8) is 0 Å². The number of rotatable bonds is 1. The number of hydrogen-bond acceptors (Lipinski definition) is 3. The van der Waals surface area contributed by atoms with E-state index in [4.69, 9.17) is 0 Å². The van der Waals surface area contributed by atoms with E-state index in [1.807, 2.05) is 0 Å². The fourth-order valence-corrected chi connectivity index (χ4v) is 1.39. The summed E-state index contributed by atoms with van der Waals surface area (Å²) in [5.74, 6) is -4.55. The molecule has 0 saturated heterocycles. The number of imide groups is 1. The second-order valence-electron chi connectivity index (χ2n) is 3.10. The lowest BCUT2D eigenvalue weighted by atomic mass is 10.2. The van der Waals surface area contributed by atoms with Gasteiger partial charge in [0.25, 0.3) is 11.8 Å². The quantitative estimate of drug-likeness (QED) is 0.728. The van der Waals surface area contributed by atoms with Crippen molar-refractivity contribution in [1.82, 2.24) is 0 Å². The highest BCUT2D eigenvalue weighted by molar-refractivity contribution is 6.28. The maximum Gasteiger partial charge on any atom is 0.258 e. The molecule has 16 heavy (non-hydrogen) atoms. The highest BCUT2D eigenvalue weighted by atomic mass is 19.1. The minimum Gasteiger partial charge on any atom is -0.506 e. The molecule has 0 saturated carbocycles. The van der Waals surface area contributed by atoms with Crippen LogP contribution in [-0.2, 0) is 9.59 Å². The van der Waals surface area contributed by atoms with E-state index in [0.717, 1.165) is 12.2 Å². The zero-order valence-corrected chi connectivity index (χ0v) is 7.78. The van der Waals surface area contributed by atoms with Gasteiger partial charge < -0.3 is 5.11 Å². The summed E-state index contributed by atoms with van der Waals surface area (Å²) < 4.78 is 26.0. The minimum absolute atomic E-state index is 0.435. The maximum atomic E-state index is 13.3. The number of hydrogen-bond donors (Lipinski definition) is 1. The molecule has 0 fully saturated rings. The number of phenolic OH excluding ortho intramolecular Hbond substituents is 1. The van der Waals surface area contributed by atoms with Gasteiger partial charge in [-0.1, -0.05) is 0 Å². The van der Waals surface area contributed by atoms with Gasteiger partial charge in [0.2, 0.25) is 0 Å². The largest absolute Gasteiger partial charge is 0.506 e. The van der Waals surface area contributed by atoms with Gasteiger partial charge in [-0.2, -0.15) is 0 Å². The molecule has 82 valence electrons. The predicted octanol–water partition coefficient (Wildman–Crippen LogP) is 1.10. The van der Waals surface area contributed by atoms with Crippen LogP contribution in [0.4, 0.5) is 14.5 Å². The molecule has 1 heterocycles. The van der Waals surface area contributed by atoms with E-state index in [0.29, 0.717) is 17.0 Å². The lowest BCUT2D eigenvalue weighted by molar-refractivity contribution is -0.120. The number of amides is 2. The van der Waals surface area contributed by atoms with Crippen molar-refractivity contribution in [1.29, 1.82) is 0 Å². The summed E-state index contributed by atoms with van der Waals surface area (Å²) in [6.45, 7) is 0. The Kier molecular flexibility index (Phi) is 2.19. The number of halogens is 2. The van der Waals surface area contributed by atoms with Gasteiger partial charge in [0.05, 0.1) is 0 Å². The molecule has 0 spiro atoms. The number of anilines is 1. The van der Waals surface area contributed by atoms with Gasteiger partial charge in [-0.25, -0.2) is 13.7 Å². The Morgan fingerprint density at radius 1 is 1.06 bits per heavy atom. The topological polar surface area (TPSA) is 57.6 Å². The molecule has 1 aromatic rings. The molecular weight excluding hydrogens is 220 g/mol. The molecule has 0 bridgehead atoms. The highest BCUT2D eigenvalue weighted by Gasteiger charge is 2.30. The van der Waals surface area contributed by atoms with Gasteiger partial charge in [0, 0.05) is 24.3 Å². The predicted molar refractivity (Wildman–Crippen MR) is 49.7 cm³/mol. The SMILES string of the molecule is O=C1C=CC(=O)N1c1c(O)cc(F)cc1F. The monoisotopic (exact) mass is 225 g/mol. The molecule has 0 aromatic heterocycles. The van der Waals surface area contributed by atoms with Crippen molar-refractivity contribution in [2.24, 2.45) is 0 Å². The van der Waals surface area contributed by atoms with Crippen LogP contribution < -0.4 is 4.90 Å². The Morgan fingerprint density at radius 2 is 1.62 bits per heavy atom. The van der Waals surface area contributed by atoms with Crippen LogP contribution in [0.25, 0.3) is 0 Å². The summed E-state index contributed by atoms with van der Waals surface area (Å²) in [5.41, 5.74) is -0.638. The van der Waals surface area contributed by atoms with E-state index in [9.17, 15) is 23.5 Å². The third-order valence-electron chi connectivity index (χ3n) is 2.04. The summed E-state index contributed by atoms with van der Waals surface area (Å²) in [4.78, 5) is 22.9. The Morgan fingerprint density at radius 3 is 2.12 bits per heavy atom. The average molecular weight is 225 g/mol. The molecule has 0 aliphatic carbocycles. The first kappa shape index (κ1) is 10.3. The zero-order chi connectivity index (χ0) is 11.9. The number of phenols is 1. The van der Waals surface area contributed by atoms with Crippen LogP contribution in [0, 0.1) is 11.6 Å². The zero-order valence-electron chi connectivity index (χ0n) is 7.78. The van der Waals surface area contributed by atoms with Crippen LogP contribution in [0.15, 0.2) is 24.3 Å². The summed E-state index contributed by atoms with van der Waals surface area (Å²) in [6.07, 6.45) is 1.87. The summed E-state index contributed by atoms with van der Waals surface area (Å²) in [5, 5.41) is 9.31. The van der Waals surface area contributed by atoms with E-state index >= 15 is 0 Å². The number of aromatic hydroxyl groups is 1. The van der Waals surface area contributed by atoms with Gasteiger partial charge >= 0.3 is 0 Å². The van der Waals surface area contributed by atoms with E-state index in [1.54, 1.807) is 0 Å². The first-order valence-electron chi connectivity index (χ1n) is 4.25. The molecule has 4 nitrogen and oxygen atoms in total. The fourth-order valence-electron chi connectivity index (χ4n) is 1.39. The van der Waals surface area contributed by atoms with E-state index in [1.165, 1.54) is 0 Å². The van der Waals surface area contributed by atoms with Crippen molar-refractivity contribution in [2.45, 2.75) is 0 Å². The van der Waals surface area contributed by atoms with Crippen LogP contribution in [0.5, 0.6) is 5.75 Å². The molecule has 1 N–H and O–H groups in total. The summed E-state index contributed by atoms with van der Waals surface area (Å²) >= 11 is 0. The molecule has 6 heteroatoms. The molecule has 1 aliphatic heterocycles. The van der Waals surface area contributed by atoms with Crippen molar-refractivity contribution < 1.29 is 23.5 Å². The molecular formula is C10H5F2NO3. The van der Waals surface area contributed by atoms with Crippen LogP contribution in [0.3, 0.4) is 0 Å². The summed E-state index contributed by atoms with van der Waals surface area (Å²) in [6, 6.07) is 1.10. The van der Waals surface area contributed by atoms with E-state index in [-0.39, 0.29) is 0 Å². The highest BCUT2D eigenvalue weighted by Crippen LogP contribution is 2.33. The van der Waals surface area contributed by atoms with Gasteiger partial charge in [-0.15, -0.1) is 0 Å². The van der Waals surface area contributed by atoms with Crippen LogP contribution in [0.2, 0.25) is 0 Å². The molecule has 2 rings (SSSR count). The third-order valence-corrected chi connectivity index (χ3v) is 2.04. The number of nitrogens with zero attached hydrogens (tertiary/aromatic N) is 1. The first-order valence-corrected chi connectivity index (χ1v) is 4.25. The van der Waals surface area contributed by atoms with Gasteiger partial charge in [-0.05, 0) is 0 Å². The Labute approximate surface area is 88.4 Å². The smallest absolute Gasteiger partial charge is 0.258 e. The lowest BCUT2D eigenvalue weighted by Crippen LogP contribution is -2.30. The van der Waals surface area contributed by atoms with Crippen molar-refractivity contribution in [3.8, 4) is 5.75 Å². The number of carbonyl (C=O) groups excluding carboxylic acids is 2. The second-order valence-corrected chi connectivity index (χ2v) is 3.10. The Hall–Kier alpha value is -2.24. The van der Waals surface area contributed by atoms with Crippen LogP contribution in [0.1, 0.15) is 0 Å². The Bertz CT molecular complexity index is 484. The molecule has 0 unspecified atom stereocenters. The fraction of sp³-hybridized carbons (Fsp3) is 0. The van der Waals surface area contributed by atoms with E-state index < -0.39 is 34.9 Å². The van der Waals surface area contributed by atoms with Crippen molar-refractivity contribution in [3.05, 3.63) is 35.9 Å². The number of benzene rings is 1. The first-order chi connectivity index (χ1) is 7.50. The molecule has 0 radical (unpaired) electrons. The average Bonchev–Trinajstić information content (AvgIpc) is 2.47. The van der Waals surface area contributed by atoms with Gasteiger partial charge in [-0.3, -0.25) is 9.59 Å². The molecule has 0 atom stereocenters. The molecule has 1 aromatic carbocycles. The molecule has 1 aliphatic rings. The van der Waals surface area contributed by atoms with Gasteiger partial charge in [0.1, 0.15) is 17.3 Å². The van der Waals surface area contributed by atoms with E-state index in [2.05, 4.69) is 0 Å².